The number of aliphatic hydroxyl groups excluding tert-OH is 1. The molecule has 1 fully saturated rings. The van der Waals surface area contributed by atoms with Crippen LogP contribution >= 0.6 is 0 Å². The summed E-state index contributed by atoms with van der Waals surface area (Å²) < 4.78 is 0. The Labute approximate surface area is 105 Å². The maximum Gasteiger partial charge on any atom is 0.251 e. The number of hydrogen-bond acceptors (Lipinski definition) is 5. The van der Waals surface area contributed by atoms with E-state index in [0.29, 0.717) is 11.4 Å². The molecule has 2 heterocycles. The molecule has 6 nitrogen and oxygen atoms in total. The first-order chi connectivity index (χ1) is 8.45. The van der Waals surface area contributed by atoms with Gasteiger partial charge in [-0.15, -0.1) is 0 Å². The molecule has 0 saturated carbocycles. The lowest BCUT2D eigenvalue weighted by atomic mass is 9.98. The van der Waals surface area contributed by atoms with Crippen LogP contribution in [0.1, 0.15) is 19.4 Å². The summed E-state index contributed by atoms with van der Waals surface area (Å²) in [4.78, 5) is 29.0. The predicted octanol–water partition coefficient (Wildman–Crippen LogP) is -0.185. The molecule has 1 saturated heterocycles. The minimum Gasteiger partial charge on any atom is -0.392 e. The SMILES string of the molecule is CC1(C)C(=O)NC(=O)CN1c1ccc(CO)cn1. The molecule has 0 radical (unpaired) electrons. The highest BCUT2D eigenvalue weighted by molar-refractivity contribution is 6.06. The Hall–Kier alpha value is -1.95. The number of hydrogen-bond donors (Lipinski definition) is 2. The summed E-state index contributed by atoms with van der Waals surface area (Å²) in [6.07, 6.45) is 1.53. The zero-order valence-corrected chi connectivity index (χ0v) is 10.3. The highest BCUT2D eigenvalue weighted by Gasteiger charge is 2.41. The molecule has 18 heavy (non-hydrogen) atoms. The van der Waals surface area contributed by atoms with Crippen molar-refractivity contribution < 1.29 is 14.7 Å². The van der Waals surface area contributed by atoms with Crippen LogP contribution in [0.2, 0.25) is 0 Å². The number of carbonyl (C=O) groups excluding carboxylic acids is 2. The summed E-state index contributed by atoms with van der Waals surface area (Å²) in [6.45, 7) is 3.47. The minimum atomic E-state index is -0.832. The summed E-state index contributed by atoms with van der Waals surface area (Å²) in [5.74, 6) is -0.139. The molecule has 96 valence electrons. The second-order valence-electron chi connectivity index (χ2n) is 4.71. The summed E-state index contributed by atoms with van der Waals surface area (Å²) in [6, 6.07) is 3.41. The predicted molar refractivity (Wildman–Crippen MR) is 64.7 cm³/mol. The Morgan fingerprint density at radius 2 is 2.17 bits per heavy atom. The molecule has 1 aliphatic heterocycles. The molecule has 1 aliphatic rings. The van der Waals surface area contributed by atoms with Crippen molar-refractivity contribution in [2.24, 2.45) is 0 Å². The van der Waals surface area contributed by atoms with Crippen LogP contribution in [0.25, 0.3) is 0 Å². The van der Waals surface area contributed by atoms with Crippen LogP contribution < -0.4 is 10.2 Å². The fourth-order valence-corrected chi connectivity index (χ4v) is 1.82. The maximum atomic E-state index is 11.8. The smallest absolute Gasteiger partial charge is 0.251 e. The quantitative estimate of drug-likeness (QED) is 0.710. The Kier molecular flexibility index (Phi) is 3.04. The second-order valence-corrected chi connectivity index (χ2v) is 4.71. The molecule has 2 rings (SSSR count). The highest BCUT2D eigenvalue weighted by atomic mass is 16.3. The number of anilines is 1. The van der Waals surface area contributed by atoms with Gasteiger partial charge in [0, 0.05) is 6.20 Å². The Morgan fingerprint density at radius 1 is 1.44 bits per heavy atom. The summed E-state index contributed by atoms with van der Waals surface area (Å²) in [5.41, 5.74) is -0.147. The van der Waals surface area contributed by atoms with Crippen LogP contribution in [0.4, 0.5) is 5.82 Å². The third-order valence-corrected chi connectivity index (χ3v) is 3.05. The first-order valence-corrected chi connectivity index (χ1v) is 5.63. The average Bonchev–Trinajstić information content (AvgIpc) is 2.34. The fraction of sp³-hybridized carbons (Fsp3) is 0.417. The third kappa shape index (κ3) is 2.06. The topological polar surface area (TPSA) is 82.5 Å². The zero-order chi connectivity index (χ0) is 13.3. The van der Waals surface area contributed by atoms with Crippen LogP contribution in [0.15, 0.2) is 18.3 Å². The highest BCUT2D eigenvalue weighted by Crippen LogP contribution is 2.24. The van der Waals surface area contributed by atoms with Crippen molar-refractivity contribution in [2.75, 3.05) is 11.4 Å². The minimum absolute atomic E-state index is 0.0872. The van der Waals surface area contributed by atoms with E-state index in [-0.39, 0.29) is 25.0 Å². The van der Waals surface area contributed by atoms with E-state index in [2.05, 4.69) is 10.3 Å². The number of nitrogens with zero attached hydrogens (tertiary/aromatic N) is 2. The number of piperazine rings is 1. The van der Waals surface area contributed by atoms with Crippen LogP contribution in [-0.4, -0.2) is 34.0 Å². The third-order valence-electron chi connectivity index (χ3n) is 3.05. The van der Waals surface area contributed by atoms with E-state index < -0.39 is 5.54 Å². The van der Waals surface area contributed by atoms with Gasteiger partial charge in [0.1, 0.15) is 11.4 Å². The standard InChI is InChI=1S/C12H15N3O3/c1-12(2)11(18)14-10(17)6-15(12)9-4-3-8(7-16)5-13-9/h3-5,16H,6-7H2,1-2H3,(H,14,17,18). The number of pyridine rings is 1. The van der Waals surface area contributed by atoms with Gasteiger partial charge in [0.2, 0.25) is 5.91 Å². The summed E-state index contributed by atoms with van der Waals surface area (Å²) in [7, 11) is 0. The Balaban J connectivity index is 2.34. The molecule has 2 N–H and O–H groups in total. The largest absolute Gasteiger partial charge is 0.392 e. The molecule has 0 aliphatic carbocycles. The lowest BCUT2D eigenvalue weighted by Crippen LogP contribution is -2.64. The molecule has 1 aromatic heterocycles. The molecule has 0 spiro atoms. The molecule has 0 unspecified atom stereocenters. The van der Waals surface area contributed by atoms with Crippen molar-refractivity contribution in [3.8, 4) is 0 Å². The van der Waals surface area contributed by atoms with Crippen molar-refractivity contribution in [2.45, 2.75) is 26.0 Å². The zero-order valence-electron chi connectivity index (χ0n) is 10.3. The van der Waals surface area contributed by atoms with Crippen LogP contribution in [0.3, 0.4) is 0 Å². The molecule has 0 aromatic carbocycles. The van der Waals surface area contributed by atoms with E-state index in [9.17, 15) is 9.59 Å². The number of nitrogens with one attached hydrogen (secondary N) is 1. The first kappa shape index (κ1) is 12.5. The second kappa shape index (κ2) is 4.38. The molecular formula is C12H15N3O3. The molecule has 6 heteroatoms. The van der Waals surface area contributed by atoms with Gasteiger partial charge in [-0.2, -0.15) is 0 Å². The molecular weight excluding hydrogens is 234 g/mol. The monoisotopic (exact) mass is 249 g/mol. The Morgan fingerprint density at radius 3 is 2.72 bits per heavy atom. The van der Waals surface area contributed by atoms with Crippen LogP contribution in [0.5, 0.6) is 0 Å². The first-order valence-electron chi connectivity index (χ1n) is 5.63. The van der Waals surface area contributed by atoms with Crippen molar-refractivity contribution in [3.05, 3.63) is 23.9 Å². The van der Waals surface area contributed by atoms with Gasteiger partial charge in [-0.1, -0.05) is 6.07 Å². The van der Waals surface area contributed by atoms with Gasteiger partial charge in [0.25, 0.3) is 5.91 Å². The van der Waals surface area contributed by atoms with E-state index >= 15 is 0 Å². The lowest BCUT2D eigenvalue weighted by molar-refractivity contribution is -0.135. The van der Waals surface area contributed by atoms with Crippen molar-refractivity contribution >= 4 is 17.6 Å². The maximum absolute atomic E-state index is 11.8. The molecule has 0 atom stereocenters. The number of rotatable bonds is 2. The van der Waals surface area contributed by atoms with Gasteiger partial charge in [-0.3, -0.25) is 14.9 Å². The van der Waals surface area contributed by atoms with Crippen molar-refractivity contribution in [1.82, 2.24) is 10.3 Å². The molecule has 0 bridgehead atoms. The normalized spacial score (nSPS) is 18.7. The van der Waals surface area contributed by atoms with Crippen molar-refractivity contribution in [1.29, 1.82) is 0 Å². The molecule has 2 amide bonds. The number of carbonyl (C=O) groups is 2. The number of amides is 2. The fourth-order valence-electron chi connectivity index (χ4n) is 1.82. The van der Waals surface area contributed by atoms with Crippen LogP contribution in [-0.2, 0) is 16.2 Å². The van der Waals surface area contributed by atoms with Crippen molar-refractivity contribution in [3.63, 3.8) is 0 Å². The van der Waals surface area contributed by atoms with E-state index in [1.807, 2.05) is 0 Å². The molecule has 1 aromatic rings. The number of imide groups is 1. The van der Waals surface area contributed by atoms with Crippen LogP contribution in [0, 0.1) is 0 Å². The van der Waals surface area contributed by atoms with Gasteiger partial charge >= 0.3 is 0 Å². The van der Waals surface area contributed by atoms with Gasteiger partial charge in [0.15, 0.2) is 0 Å². The van der Waals surface area contributed by atoms with Gasteiger partial charge in [-0.05, 0) is 25.5 Å². The number of aliphatic hydroxyl groups is 1. The van der Waals surface area contributed by atoms with Gasteiger partial charge in [-0.25, -0.2) is 4.98 Å². The number of aromatic nitrogens is 1. The average molecular weight is 249 g/mol. The Bertz CT molecular complexity index is 482. The van der Waals surface area contributed by atoms with E-state index in [1.54, 1.807) is 30.9 Å². The van der Waals surface area contributed by atoms with E-state index in [4.69, 9.17) is 5.11 Å². The van der Waals surface area contributed by atoms with E-state index in [1.165, 1.54) is 6.20 Å². The lowest BCUT2D eigenvalue weighted by Gasteiger charge is -2.40. The van der Waals surface area contributed by atoms with E-state index in [0.717, 1.165) is 0 Å². The summed E-state index contributed by atoms with van der Waals surface area (Å²) >= 11 is 0. The summed E-state index contributed by atoms with van der Waals surface area (Å²) in [5, 5.41) is 11.3. The van der Waals surface area contributed by atoms with Gasteiger partial charge in [0.05, 0.1) is 13.2 Å². The van der Waals surface area contributed by atoms with Gasteiger partial charge < -0.3 is 10.0 Å².